The summed E-state index contributed by atoms with van der Waals surface area (Å²) in [5, 5.41) is 11.2. The number of benzene rings is 2. The van der Waals surface area contributed by atoms with E-state index in [0.29, 0.717) is 19.4 Å². The Morgan fingerprint density at radius 2 is 1.51 bits per heavy atom. The van der Waals surface area contributed by atoms with Crippen LogP contribution in [0.3, 0.4) is 0 Å². The molecule has 0 saturated carbocycles. The van der Waals surface area contributed by atoms with Crippen LogP contribution in [0.15, 0.2) is 72.8 Å². The van der Waals surface area contributed by atoms with Crippen LogP contribution in [-0.2, 0) is 18.7 Å². The van der Waals surface area contributed by atoms with Crippen molar-refractivity contribution >= 4 is 24.7 Å². The number of carboxylic acids is 1. The third-order valence-electron chi connectivity index (χ3n) is 6.46. The van der Waals surface area contributed by atoms with E-state index in [2.05, 4.69) is 75.4 Å². The van der Waals surface area contributed by atoms with E-state index in [9.17, 15) is 4.79 Å². The molecule has 3 rings (SSSR count). The van der Waals surface area contributed by atoms with Gasteiger partial charge in [0.2, 0.25) is 0 Å². The minimum absolute atomic E-state index is 0.107. The summed E-state index contributed by atoms with van der Waals surface area (Å²) >= 11 is 0. The van der Waals surface area contributed by atoms with Crippen molar-refractivity contribution in [1.29, 1.82) is 0 Å². The SMILES string of the molecule is CC1(C)O[C@@H](C/C=C\CCCC(=O)O)[C@@H](CO[Si](c2ccccc2)(c2ccccc2)C(C)(C)C)O1. The average molecular weight is 497 g/mol. The van der Waals surface area contributed by atoms with Crippen LogP contribution in [0.25, 0.3) is 0 Å². The van der Waals surface area contributed by atoms with Crippen LogP contribution in [0.4, 0.5) is 0 Å². The number of rotatable bonds is 11. The fourth-order valence-corrected chi connectivity index (χ4v) is 9.51. The number of hydrogen-bond donors (Lipinski definition) is 1. The quantitative estimate of drug-likeness (QED) is 0.260. The molecular weight excluding hydrogens is 456 g/mol. The first kappa shape index (κ1) is 27.3. The maximum Gasteiger partial charge on any atom is 0.303 e. The lowest BCUT2D eigenvalue weighted by Gasteiger charge is -2.43. The third-order valence-corrected chi connectivity index (χ3v) is 11.5. The number of aliphatic carboxylic acids is 1. The van der Waals surface area contributed by atoms with Gasteiger partial charge in [0.1, 0.15) is 6.10 Å². The van der Waals surface area contributed by atoms with E-state index in [-0.39, 0.29) is 23.7 Å². The van der Waals surface area contributed by atoms with Gasteiger partial charge in [-0.05, 0) is 48.5 Å². The van der Waals surface area contributed by atoms with Gasteiger partial charge in [-0.2, -0.15) is 0 Å². The van der Waals surface area contributed by atoms with E-state index in [1.165, 1.54) is 10.4 Å². The summed E-state index contributed by atoms with van der Waals surface area (Å²) in [6, 6.07) is 21.2. The molecule has 35 heavy (non-hydrogen) atoms. The first-order valence-corrected chi connectivity index (χ1v) is 14.4. The number of allylic oxidation sites excluding steroid dienone is 1. The average Bonchev–Trinajstić information content (AvgIpc) is 3.10. The highest BCUT2D eigenvalue weighted by atomic mass is 28.4. The maximum atomic E-state index is 10.7. The first-order valence-electron chi connectivity index (χ1n) is 12.5. The normalized spacial score (nSPS) is 20.4. The molecule has 1 heterocycles. The van der Waals surface area contributed by atoms with Gasteiger partial charge in [-0.1, -0.05) is 93.6 Å². The number of carboxylic acid groups (broad SMARTS) is 1. The van der Waals surface area contributed by atoms with E-state index in [0.717, 1.165) is 6.42 Å². The molecule has 0 aromatic heterocycles. The zero-order valence-electron chi connectivity index (χ0n) is 21.7. The Labute approximate surface area is 211 Å². The molecule has 0 aliphatic carbocycles. The first-order chi connectivity index (χ1) is 16.6. The van der Waals surface area contributed by atoms with Crippen LogP contribution in [0.1, 0.15) is 60.3 Å². The van der Waals surface area contributed by atoms with Crippen molar-refractivity contribution in [2.45, 2.75) is 83.3 Å². The summed E-state index contributed by atoms with van der Waals surface area (Å²) < 4.78 is 19.6. The standard InChI is InChI=1S/C29H40O5Si/c1-28(2,3)35(23-16-10-8-11-17-23,24-18-12-9-13-19-24)32-22-26-25(33-29(4,5)34-26)20-14-6-7-15-21-27(30)31/h6,8-14,16-19,25-26H,7,15,20-22H2,1-5H3,(H,30,31)/b14-6-/t25-,26+/m0/s1. The summed E-state index contributed by atoms with van der Waals surface area (Å²) in [5.41, 5.74) is 0. The molecule has 0 spiro atoms. The van der Waals surface area contributed by atoms with Crippen LogP contribution in [0.2, 0.25) is 5.04 Å². The van der Waals surface area contributed by atoms with Gasteiger partial charge >= 0.3 is 5.97 Å². The Hall–Kier alpha value is -2.25. The minimum atomic E-state index is -2.66. The second-order valence-corrected chi connectivity index (χ2v) is 15.0. The van der Waals surface area contributed by atoms with Gasteiger partial charge in [-0.15, -0.1) is 0 Å². The molecule has 190 valence electrons. The predicted molar refractivity (Wildman–Crippen MR) is 143 cm³/mol. The third kappa shape index (κ3) is 6.91. The van der Waals surface area contributed by atoms with Crippen LogP contribution < -0.4 is 10.4 Å². The van der Waals surface area contributed by atoms with Gasteiger partial charge in [-0.3, -0.25) is 4.79 Å². The second kappa shape index (κ2) is 11.7. The summed E-state index contributed by atoms with van der Waals surface area (Å²) in [4.78, 5) is 10.7. The Morgan fingerprint density at radius 1 is 0.971 bits per heavy atom. The monoisotopic (exact) mass is 496 g/mol. The van der Waals surface area contributed by atoms with E-state index in [4.69, 9.17) is 19.0 Å². The molecule has 2 aromatic carbocycles. The van der Waals surface area contributed by atoms with Gasteiger partial charge in [0.05, 0.1) is 12.7 Å². The Bertz CT molecular complexity index is 926. The van der Waals surface area contributed by atoms with Gasteiger partial charge in [0.15, 0.2) is 5.79 Å². The summed E-state index contributed by atoms with van der Waals surface area (Å²) in [7, 11) is -2.66. The maximum absolute atomic E-state index is 10.7. The lowest BCUT2D eigenvalue weighted by Crippen LogP contribution is -2.67. The van der Waals surface area contributed by atoms with Crippen LogP contribution in [0, 0.1) is 0 Å². The lowest BCUT2D eigenvalue weighted by atomic mass is 10.1. The number of ether oxygens (including phenoxy) is 2. The number of hydrogen-bond acceptors (Lipinski definition) is 4. The smallest absolute Gasteiger partial charge is 0.303 e. The molecule has 0 unspecified atom stereocenters. The Balaban J connectivity index is 1.82. The zero-order chi connectivity index (χ0) is 25.5. The lowest BCUT2D eigenvalue weighted by molar-refractivity contribution is -0.148. The van der Waals surface area contributed by atoms with Crippen molar-refractivity contribution in [3.8, 4) is 0 Å². The number of unbranched alkanes of at least 4 members (excludes halogenated alkanes) is 1. The highest BCUT2D eigenvalue weighted by Crippen LogP contribution is 2.38. The van der Waals surface area contributed by atoms with E-state index < -0.39 is 20.1 Å². The van der Waals surface area contributed by atoms with Crippen molar-refractivity contribution in [1.82, 2.24) is 0 Å². The van der Waals surface area contributed by atoms with Crippen molar-refractivity contribution in [3.05, 3.63) is 72.8 Å². The molecule has 2 aromatic rings. The predicted octanol–water partition coefficient (Wildman–Crippen LogP) is 5.28. The van der Waals surface area contributed by atoms with Gasteiger partial charge in [0.25, 0.3) is 8.32 Å². The molecular formula is C29H40O5Si. The molecule has 1 aliphatic heterocycles. The zero-order valence-corrected chi connectivity index (χ0v) is 22.7. The minimum Gasteiger partial charge on any atom is -0.481 e. The van der Waals surface area contributed by atoms with Crippen molar-refractivity contribution < 1.29 is 23.8 Å². The van der Waals surface area contributed by atoms with Crippen LogP contribution >= 0.6 is 0 Å². The topological polar surface area (TPSA) is 65.0 Å². The molecule has 1 aliphatic rings. The number of carbonyl (C=O) groups is 1. The highest BCUT2D eigenvalue weighted by Gasteiger charge is 2.51. The van der Waals surface area contributed by atoms with Gasteiger partial charge in [-0.25, -0.2) is 0 Å². The highest BCUT2D eigenvalue weighted by molar-refractivity contribution is 6.99. The molecule has 2 atom stereocenters. The summed E-state index contributed by atoms with van der Waals surface area (Å²) in [5.74, 6) is -1.44. The van der Waals surface area contributed by atoms with Gasteiger partial charge in [0, 0.05) is 6.42 Å². The fourth-order valence-electron chi connectivity index (χ4n) is 4.94. The Kier molecular flexibility index (Phi) is 9.10. The van der Waals surface area contributed by atoms with Gasteiger partial charge < -0.3 is 19.0 Å². The summed E-state index contributed by atoms with van der Waals surface area (Å²) in [6.45, 7) is 11.1. The molecule has 0 radical (unpaired) electrons. The van der Waals surface area contributed by atoms with Crippen molar-refractivity contribution in [2.75, 3.05) is 6.61 Å². The fraction of sp³-hybridized carbons (Fsp3) is 0.483. The molecule has 6 heteroatoms. The second-order valence-electron chi connectivity index (χ2n) is 10.7. The molecule has 1 fully saturated rings. The molecule has 0 amide bonds. The van der Waals surface area contributed by atoms with Crippen molar-refractivity contribution in [3.63, 3.8) is 0 Å². The Morgan fingerprint density at radius 3 is 2.03 bits per heavy atom. The molecule has 1 saturated heterocycles. The van der Waals surface area contributed by atoms with Crippen LogP contribution in [-0.4, -0.2) is 44.0 Å². The van der Waals surface area contributed by atoms with Crippen LogP contribution in [0.5, 0.6) is 0 Å². The molecule has 0 bridgehead atoms. The largest absolute Gasteiger partial charge is 0.481 e. The molecule has 5 nitrogen and oxygen atoms in total. The van der Waals surface area contributed by atoms with E-state index in [1.807, 2.05) is 32.1 Å². The van der Waals surface area contributed by atoms with E-state index in [1.54, 1.807) is 0 Å². The summed E-state index contributed by atoms with van der Waals surface area (Å²) in [6.07, 6.45) is 6.06. The van der Waals surface area contributed by atoms with Crippen molar-refractivity contribution in [2.24, 2.45) is 0 Å². The van der Waals surface area contributed by atoms with E-state index >= 15 is 0 Å². The molecule has 1 N–H and O–H groups in total.